The van der Waals surface area contributed by atoms with Crippen molar-refractivity contribution >= 4 is 0 Å². The molecule has 1 N–H and O–H groups in total. The van der Waals surface area contributed by atoms with E-state index in [1.54, 1.807) is 18.2 Å². The molecule has 1 aliphatic rings. The second-order valence-corrected chi connectivity index (χ2v) is 3.97. The Morgan fingerprint density at radius 3 is 2.80 bits per heavy atom. The van der Waals surface area contributed by atoms with Gasteiger partial charge in [-0.2, -0.15) is 0 Å². The monoisotopic (exact) mass is 210 g/mol. The molecular formula is C12H15FO2. The summed E-state index contributed by atoms with van der Waals surface area (Å²) in [5, 5.41) is 9.56. The number of aliphatic hydroxyl groups is 1. The average molecular weight is 210 g/mol. The molecular weight excluding hydrogens is 195 g/mol. The third kappa shape index (κ3) is 2.93. The van der Waals surface area contributed by atoms with Gasteiger partial charge in [-0.15, -0.1) is 0 Å². The molecule has 2 rings (SSSR count). The van der Waals surface area contributed by atoms with E-state index in [0.717, 1.165) is 12.8 Å². The maximum absolute atomic E-state index is 13.1. The second-order valence-electron chi connectivity index (χ2n) is 3.97. The van der Waals surface area contributed by atoms with Gasteiger partial charge in [0.05, 0.1) is 12.7 Å². The van der Waals surface area contributed by atoms with Crippen molar-refractivity contribution in [3.05, 3.63) is 30.1 Å². The molecule has 1 aromatic carbocycles. The molecule has 82 valence electrons. The van der Waals surface area contributed by atoms with Gasteiger partial charge < -0.3 is 9.84 Å². The van der Waals surface area contributed by atoms with Crippen molar-refractivity contribution in [3.8, 4) is 5.75 Å². The van der Waals surface area contributed by atoms with E-state index in [-0.39, 0.29) is 17.7 Å². The van der Waals surface area contributed by atoms with E-state index in [1.165, 1.54) is 6.07 Å². The van der Waals surface area contributed by atoms with Gasteiger partial charge in [-0.25, -0.2) is 4.39 Å². The van der Waals surface area contributed by atoms with Crippen molar-refractivity contribution in [1.29, 1.82) is 0 Å². The molecule has 0 aromatic heterocycles. The summed E-state index contributed by atoms with van der Waals surface area (Å²) >= 11 is 0. The molecule has 1 aliphatic carbocycles. The summed E-state index contributed by atoms with van der Waals surface area (Å²) in [5.74, 6) is 0.369. The molecule has 1 aromatic rings. The minimum atomic E-state index is -0.349. The van der Waals surface area contributed by atoms with Gasteiger partial charge in [0.1, 0.15) is 0 Å². The summed E-state index contributed by atoms with van der Waals surface area (Å²) in [4.78, 5) is 0. The lowest BCUT2D eigenvalue weighted by Crippen LogP contribution is -2.14. The number of hydrogen-bond acceptors (Lipinski definition) is 2. The predicted octanol–water partition coefficient (Wildman–Crippen LogP) is 2.37. The van der Waals surface area contributed by atoms with Crippen molar-refractivity contribution in [2.75, 3.05) is 6.61 Å². The highest BCUT2D eigenvalue weighted by Crippen LogP contribution is 2.33. The summed E-state index contributed by atoms with van der Waals surface area (Å²) in [5.41, 5.74) is 0. The zero-order chi connectivity index (χ0) is 10.7. The van der Waals surface area contributed by atoms with Crippen LogP contribution in [0.3, 0.4) is 0 Å². The molecule has 0 saturated heterocycles. The number of aliphatic hydroxyl groups excluding tert-OH is 1. The van der Waals surface area contributed by atoms with Gasteiger partial charge in [-0.05, 0) is 30.9 Å². The maximum Gasteiger partial charge on any atom is 0.165 e. The standard InChI is InChI=1S/C12H15FO2/c13-10-3-1-2-4-12(10)15-8-7-11(14)9-5-6-9/h1-4,9,11,14H,5-8H2. The van der Waals surface area contributed by atoms with Gasteiger partial charge in [-0.1, -0.05) is 12.1 Å². The van der Waals surface area contributed by atoms with E-state index in [0.29, 0.717) is 18.9 Å². The largest absolute Gasteiger partial charge is 0.490 e. The Balaban J connectivity index is 1.75. The fraction of sp³-hybridized carbons (Fsp3) is 0.500. The minimum Gasteiger partial charge on any atom is -0.490 e. The number of halogens is 1. The molecule has 1 fully saturated rings. The van der Waals surface area contributed by atoms with E-state index in [2.05, 4.69) is 0 Å². The molecule has 1 unspecified atom stereocenters. The number of rotatable bonds is 5. The predicted molar refractivity (Wildman–Crippen MR) is 55.2 cm³/mol. The third-order valence-electron chi connectivity index (χ3n) is 2.67. The van der Waals surface area contributed by atoms with Crippen LogP contribution in [-0.4, -0.2) is 17.8 Å². The van der Waals surface area contributed by atoms with Crippen LogP contribution in [0.2, 0.25) is 0 Å². The number of benzene rings is 1. The molecule has 0 heterocycles. The molecule has 3 heteroatoms. The van der Waals surface area contributed by atoms with E-state index in [1.807, 2.05) is 0 Å². The van der Waals surface area contributed by atoms with Gasteiger partial charge in [0.15, 0.2) is 11.6 Å². The van der Waals surface area contributed by atoms with Gasteiger partial charge in [0.25, 0.3) is 0 Å². The summed E-state index contributed by atoms with van der Waals surface area (Å²) in [6, 6.07) is 6.32. The fourth-order valence-corrected chi connectivity index (χ4v) is 1.57. The van der Waals surface area contributed by atoms with Crippen LogP contribution in [-0.2, 0) is 0 Å². The van der Waals surface area contributed by atoms with Crippen molar-refractivity contribution in [2.45, 2.75) is 25.4 Å². The van der Waals surface area contributed by atoms with Crippen molar-refractivity contribution in [2.24, 2.45) is 5.92 Å². The van der Waals surface area contributed by atoms with Crippen molar-refractivity contribution < 1.29 is 14.2 Å². The van der Waals surface area contributed by atoms with Crippen molar-refractivity contribution in [3.63, 3.8) is 0 Å². The van der Waals surface area contributed by atoms with Crippen LogP contribution in [0.1, 0.15) is 19.3 Å². The molecule has 1 atom stereocenters. The molecule has 0 aliphatic heterocycles. The average Bonchev–Trinajstić information content (AvgIpc) is 3.04. The van der Waals surface area contributed by atoms with Gasteiger partial charge in [-0.3, -0.25) is 0 Å². The quantitative estimate of drug-likeness (QED) is 0.808. The maximum atomic E-state index is 13.1. The van der Waals surface area contributed by atoms with Crippen LogP contribution < -0.4 is 4.74 Å². The Hall–Kier alpha value is -1.09. The highest BCUT2D eigenvalue weighted by Gasteiger charge is 2.29. The topological polar surface area (TPSA) is 29.5 Å². The Morgan fingerprint density at radius 1 is 1.40 bits per heavy atom. The summed E-state index contributed by atoms with van der Waals surface area (Å²) in [6.45, 7) is 0.374. The third-order valence-corrected chi connectivity index (χ3v) is 2.67. The molecule has 0 spiro atoms. The number of ether oxygens (including phenoxy) is 1. The zero-order valence-corrected chi connectivity index (χ0v) is 8.53. The smallest absolute Gasteiger partial charge is 0.165 e. The number of hydrogen-bond donors (Lipinski definition) is 1. The molecule has 0 radical (unpaired) electrons. The van der Waals surface area contributed by atoms with Gasteiger partial charge in [0.2, 0.25) is 0 Å². The Kier molecular flexibility index (Phi) is 3.21. The normalized spacial score (nSPS) is 17.5. The summed E-state index contributed by atoms with van der Waals surface area (Å²) < 4.78 is 18.3. The van der Waals surface area contributed by atoms with E-state index in [4.69, 9.17) is 4.74 Å². The van der Waals surface area contributed by atoms with Crippen LogP contribution in [0, 0.1) is 11.7 Å². The van der Waals surface area contributed by atoms with Crippen LogP contribution in [0.5, 0.6) is 5.75 Å². The lowest BCUT2D eigenvalue weighted by Gasteiger charge is -2.10. The van der Waals surface area contributed by atoms with E-state index < -0.39 is 0 Å². The molecule has 2 nitrogen and oxygen atoms in total. The summed E-state index contributed by atoms with van der Waals surface area (Å²) in [7, 11) is 0. The lowest BCUT2D eigenvalue weighted by molar-refractivity contribution is 0.118. The van der Waals surface area contributed by atoms with Crippen LogP contribution in [0.25, 0.3) is 0 Å². The first kappa shape index (κ1) is 10.4. The van der Waals surface area contributed by atoms with Crippen LogP contribution in [0.15, 0.2) is 24.3 Å². The number of para-hydroxylation sites is 1. The second kappa shape index (κ2) is 4.62. The van der Waals surface area contributed by atoms with Crippen LogP contribution in [0.4, 0.5) is 4.39 Å². The van der Waals surface area contributed by atoms with E-state index in [9.17, 15) is 9.50 Å². The first-order valence-electron chi connectivity index (χ1n) is 5.33. The Morgan fingerprint density at radius 2 is 2.13 bits per heavy atom. The van der Waals surface area contributed by atoms with E-state index >= 15 is 0 Å². The first-order valence-corrected chi connectivity index (χ1v) is 5.33. The Labute approximate surface area is 88.7 Å². The molecule has 15 heavy (non-hydrogen) atoms. The van der Waals surface area contributed by atoms with Crippen LogP contribution >= 0.6 is 0 Å². The fourth-order valence-electron chi connectivity index (χ4n) is 1.57. The zero-order valence-electron chi connectivity index (χ0n) is 8.53. The lowest BCUT2D eigenvalue weighted by atomic mass is 10.2. The summed E-state index contributed by atoms with van der Waals surface area (Å²) in [6.07, 6.45) is 2.53. The first-order chi connectivity index (χ1) is 7.27. The van der Waals surface area contributed by atoms with Crippen molar-refractivity contribution in [1.82, 2.24) is 0 Å². The molecule has 0 bridgehead atoms. The SMILES string of the molecule is OC(CCOc1ccccc1F)C1CC1. The van der Waals surface area contributed by atoms with Gasteiger partial charge >= 0.3 is 0 Å². The highest BCUT2D eigenvalue weighted by atomic mass is 19.1. The highest BCUT2D eigenvalue weighted by molar-refractivity contribution is 5.23. The minimum absolute atomic E-state index is 0.264. The Bertz CT molecular complexity index is 323. The van der Waals surface area contributed by atoms with Gasteiger partial charge in [0, 0.05) is 6.42 Å². The molecule has 1 saturated carbocycles. The molecule has 0 amide bonds.